The number of benzene rings is 1. The molecule has 26 heavy (non-hydrogen) atoms. The Labute approximate surface area is 153 Å². The molecule has 1 aliphatic heterocycles. The summed E-state index contributed by atoms with van der Waals surface area (Å²) in [5.74, 6) is 1.01. The third-order valence-electron chi connectivity index (χ3n) is 4.59. The molecule has 1 fully saturated rings. The second-order valence-electron chi connectivity index (χ2n) is 6.51. The number of likely N-dealkylation sites (tertiary alicyclic amines) is 1. The van der Waals surface area contributed by atoms with E-state index in [1.54, 1.807) is 19.2 Å². The van der Waals surface area contributed by atoms with E-state index >= 15 is 0 Å². The van der Waals surface area contributed by atoms with Crippen molar-refractivity contribution in [1.82, 2.24) is 15.2 Å². The van der Waals surface area contributed by atoms with Gasteiger partial charge in [0.2, 0.25) is 5.91 Å². The molecule has 0 spiro atoms. The second-order valence-corrected chi connectivity index (χ2v) is 6.51. The van der Waals surface area contributed by atoms with E-state index < -0.39 is 0 Å². The first-order valence-electron chi connectivity index (χ1n) is 8.61. The topological polar surface area (TPSA) is 78.3 Å². The molecular formula is C20H22N4O2. The van der Waals surface area contributed by atoms with Gasteiger partial charge in [-0.05, 0) is 42.3 Å². The van der Waals surface area contributed by atoms with Crippen LogP contribution >= 0.6 is 0 Å². The summed E-state index contributed by atoms with van der Waals surface area (Å²) in [5.41, 5.74) is 3.51. The summed E-state index contributed by atoms with van der Waals surface area (Å²) in [7, 11) is 1.68. The van der Waals surface area contributed by atoms with Gasteiger partial charge in [0.15, 0.2) is 0 Å². The van der Waals surface area contributed by atoms with Gasteiger partial charge in [0.1, 0.15) is 24.1 Å². The Morgan fingerprint density at radius 1 is 1.38 bits per heavy atom. The van der Waals surface area contributed by atoms with Crippen LogP contribution < -0.4 is 10.1 Å². The van der Waals surface area contributed by atoms with Gasteiger partial charge in [-0.1, -0.05) is 12.1 Å². The van der Waals surface area contributed by atoms with E-state index in [0.717, 1.165) is 36.6 Å². The number of pyridine rings is 1. The Hall–Kier alpha value is -2.91. The number of hydrogen-bond acceptors (Lipinski definition) is 5. The Balaban J connectivity index is 1.54. The summed E-state index contributed by atoms with van der Waals surface area (Å²) in [6.07, 6.45) is 0. The third kappa shape index (κ3) is 4.19. The van der Waals surface area contributed by atoms with Crippen LogP contribution in [0.3, 0.4) is 0 Å². The van der Waals surface area contributed by atoms with Crippen LogP contribution in [-0.4, -0.2) is 35.9 Å². The smallest absolute Gasteiger partial charge is 0.225 e. The molecule has 1 amide bonds. The molecule has 0 saturated carbocycles. The van der Waals surface area contributed by atoms with E-state index in [9.17, 15) is 4.79 Å². The van der Waals surface area contributed by atoms with Crippen molar-refractivity contribution in [2.75, 3.05) is 20.1 Å². The summed E-state index contributed by atoms with van der Waals surface area (Å²) in [5, 5.41) is 11.6. The number of ether oxygens (including phenoxy) is 1. The minimum absolute atomic E-state index is 0.111. The van der Waals surface area contributed by atoms with E-state index in [1.807, 2.05) is 24.3 Å². The van der Waals surface area contributed by atoms with Gasteiger partial charge < -0.3 is 10.1 Å². The fraction of sp³-hybridized carbons (Fsp3) is 0.350. The molecule has 2 heterocycles. The summed E-state index contributed by atoms with van der Waals surface area (Å²) in [4.78, 5) is 18.0. The van der Waals surface area contributed by atoms with Crippen molar-refractivity contribution in [2.24, 2.45) is 5.92 Å². The standard InChI is InChI=1S/C20H22N4O2/c1-14-8-19(26-13-18-5-3-4-17(9-21)23-18)7-6-15(14)10-24-11-16(12-24)20(25)22-2/h3-8,16H,10-13H2,1-2H3,(H,22,25). The highest BCUT2D eigenvalue weighted by molar-refractivity contribution is 5.79. The molecule has 0 bridgehead atoms. The highest BCUT2D eigenvalue weighted by Gasteiger charge is 2.31. The Bertz CT molecular complexity index is 838. The Morgan fingerprint density at radius 2 is 2.19 bits per heavy atom. The van der Waals surface area contributed by atoms with Crippen LogP contribution in [-0.2, 0) is 17.9 Å². The van der Waals surface area contributed by atoms with Crippen molar-refractivity contribution in [3.05, 3.63) is 58.9 Å². The number of rotatable bonds is 6. The maximum Gasteiger partial charge on any atom is 0.225 e. The third-order valence-corrected chi connectivity index (χ3v) is 4.59. The Kier molecular flexibility index (Phi) is 5.49. The SMILES string of the molecule is CNC(=O)C1CN(Cc2ccc(OCc3cccc(C#N)n3)cc2C)C1. The minimum atomic E-state index is 0.111. The lowest BCUT2D eigenvalue weighted by Crippen LogP contribution is -2.52. The second kappa shape index (κ2) is 7.98. The maximum atomic E-state index is 11.6. The average molecular weight is 350 g/mol. The molecule has 134 valence electrons. The lowest BCUT2D eigenvalue weighted by atomic mass is 9.97. The zero-order valence-electron chi connectivity index (χ0n) is 15.0. The first-order valence-corrected chi connectivity index (χ1v) is 8.61. The molecule has 1 aliphatic rings. The van der Waals surface area contributed by atoms with Gasteiger partial charge in [0.25, 0.3) is 0 Å². The van der Waals surface area contributed by atoms with Gasteiger partial charge in [-0.15, -0.1) is 0 Å². The number of amides is 1. The van der Waals surface area contributed by atoms with E-state index in [-0.39, 0.29) is 11.8 Å². The fourth-order valence-corrected chi connectivity index (χ4v) is 3.02. The summed E-state index contributed by atoms with van der Waals surface area (Å²) < 4.78 is 5.80. The molecule has 1 N–H and O–H groups in total. The zero-order chi connectivity index (χ0) is 18.5. The predicted octanol–water partition coefficient (Wildman–Crippen LogP) is 2.02. The molecule has 1 saturated heterocycles. The summed E-state index contributed by atoms with van der Waals surface area (Å²) in [6.45, 7) is 4.84. The van der Waals surface area contributed by atoms with Crippen molar-refractivity contribution in [3.8, 4) is 11.8 Å². The maximum absolute atomic E-state index is 11.6. The van der Waals surface area contributed by atoms with Crippen LogP contribution in [0.4, 0.5) is 0 Å². The molecule has 2 aromatic rings. The van der Waals surface area contributed by atoms with Gasteiger partial charge in [-0.2, -0.15) is 5.26 Å². The summed E-state index contributed by atoms with van der Waals surface area (Å²) in [6, 6.07) is 13.4. The molecule has 0 atom stereocenters. The van der Waals surface area contributed by atoms with Gasteiger partial charge in [-0.3, -0.25) is 9.69 Å². The van der Waals surface area contributed by atoms with Gasteiger partial charge in [0, 0.05) is 26.7 Å². The van der Waals surface area contributed by atoms with Crippen molar-refractivity contribution < 1.29 is 9.53 Å². The number of aromatic nitrogens is 1. The number of hydrogen-bond donors (Lipinski definition) is 1. The molecule has 6 heteroatoms. The van der Waals surface area contributed by atoms with E-state index in [1.165, 1.54) is 5.56 Å². The van der Waals surface area contributed by atoms with Crippen LogP contribution in [0.15, 0.2) is 36.4 Å². The molecule has 6 nitrogen and oxygen atoms in total. The largest absolute Gasteiger partial charge is 0.487 e. The fourth-order valence-electron chi connectivity index (χ4n) is 3.02. The first-order chi connectivity index (χ1) is 12.6. The van der Waals surface area contributed by atoms with E-state index in [4.69, 9.17) is 10.00 Å². The number of carbonyl (C=O) groups is 1. The number of nitrogens with zero attached hydrogens (tertiary/aromatic N) is 3. The van der Waals surface area contributed by atoms with Gasteiger partial charge in [0.05, 0.1) is 11.6 Å². The molecular weight excluding hydrogens is 328 g/mol. The molecule has 3 rings (SSSR count). The van der Waals surface area contributed by atoms with Crippen molar-refractivity contribution in [3.63, 3.8) is 0 Å². The average Bonchev–Trinajstić information content (AvgIpc) is 2.63. The number of aryl methyl sites for hydroxylation is 1. The van der Waals surface area contributed by atoms with E-state index in [2.05, 4.69) is 28.2 Å². The van der Waals surface area contributed by atoms with Crippen molar-refractivity contribution in [1.29, 1.82) is 5.26 Å². The number of nitrogens with one attached hydrogen (secondary N) is 1. The normalized spacial score (nSPS) is 14.3. The van der Waals surface area contributed by atoms with Gasteiger partial charge >= 0.3 is 0 Å². The van der Waals surface area contributed by atoms with Crippen molar-refractivity contribution in [2.45, 2.75) is 20.1 Å². The highest BCUT2D eigenvalue weighted by Crippen LogP contribution is 2.23. The van der Waals surface area contributed by atoms with Crippen LogP contribution in [0.25, 0.3) is 0 Å². The predicted molar refractivity (Wildman–Crippen MR) is 97.3 cm³/mol. The van der Waals surface area contributed by atoms with Crippen LogP contribution in [0, 0.1) is 24.2 Å². The minimum Gasteiger partial charge on any atom is -0.487 e. The lowest BCUT2D eigenvalue weighted by Gasteiger charge is -2.38. The molecule has 0 unspecified atom stereocenters. The van der Waals surface area contributed by atoms with Crippen LogP contribution in [0.5, 0.6) is 5.75 Å². The summed E-state index contributed by atoms with van der Waals surface area (Å²) >= 11 is 0. The highest BCUT2D eigenvalue weighted by atomic mass is 16.5. The lowest BCUT2D eigenvalue weighted by molar-refractivity contribution is -0.129. The molecule has 1 aromatic carbocycles. The number of carbonyl (C=O) groups excluding carboxylic acids is 1. The first kappa shape index (κ1) is 17.9. The molecule has 0 radical (unpaired) electrons. The zero-order valence-corrected chi connectivity index (χ0v) is 15.0. The number of nitriles is 1. The molecule has 1 aromatic heterocycles. The van der Waals surface area contributed by atoms with E-state index in [0.29, 0.717) is 12.3 Å². The van der Waals surface area contributed by atoms with Crippen molar-refractivity contribution >= 4 is 5.91 Å². The van der Waals surface area contributed by atoms with Crippen LogP contribution in [0.1, 0.15) is 22.5 Å². The van der Waals surface area contributed by atoms with Crippen LogP contribution in [0.2, 0.25) is 0 Å². The Morgan fingerprint density at radius 3 is 2.88 bits per heavy atom. The van der Waals surface area contributed by atoms with Gasteiger partial charge in [-0.25, -0.2) is 4.98 Å². The monoisotopic (exact) mass is 350 g/mol. The quantitative estimate of drug-likeness (QED) is 0.862. The molecule has 0 aliphatic carbocycles.